The van der Waals surface area contributed by atoms with Gasteiger partial charge in [-0.05, 0) is 24.1 Å². The maximum Gasteiger partial charge on any atom is 0.254 e. The van der Waals surface area contributed by atoms with E-state index in [-0.39, 0.29) is 5.91 Å². The molecule has 0 saturated carbocycles. The Balaban J connectivity index is 1.43. The van der Waals surface area contributed by atoms with E-state index in [9.17, 15) is 4.79 Å². The van der Waals surface area contributed by atoms with Gasteiger partial charge < -0.3 is 14.4 Å². The molecule has 27 heavy (non-hydrogen) atoms. The van der Waals surface area contributed by atoms with Crippen molar-refractivity contribution in [2.24, 2.45) is 0 Å². The van der Waals surface area contributed by atoms with Crippen LogP contribution in [0.1, 0.15) is 22.3 Å². The number of ether oxygens (including phenoxy) is 2. The van der Waals surface area contributed by atoms with Crippen molar-refractivity contribution in [2.45, 2.75) is 13.0 Å². The molecule has 2 aromatic rings. The first kappa shape index (κ1) is 18.1. The Morgan fingerprint density at radius 2 is 1.81 bits per heavy atom. The number of amides is 1. The lowest BCUT2D eigenvalue weighted by Gasteiger charge is -2.24. The normalized spacial score (nSPS) is 17.4. The minimum absolute atomic E-state index is 0.00423. The third kappa shape index (κ3) is 4.20. The summed E-state index contributed by atoms with van der Waals surface area (Å²) in [4.78, 5) is 17.3. The Bertz CT molecular complexity index is 813. The molecule has 0 unspecified atom stereocenters. The van der Waals surface area contributed by atoms with Gasteiger partial charge in [-0.25, -0.2) is 0 Å². The number of nitrogens with zero attached hydrogens (tertiary/aromatic N) is 2. The minimum Gasteiger partial charge on any atom is -0.486 e. The highest BCUT2D eigenvalue weighted by molar-refractivity contribution is 6.32. The van der Waals surface area contributed by atoms with Crippen LogP contribution in [0, 0.1) is 0 Å². The molecule has 6 heteroatoms. The Morgan fingerprint density at radius 1 is 1.00 bits per heavy atom. The van der Waals surface area contributed by atoms with Gasteiger partial charge in [0.25, 0.3) is 5.91 Å². The molecule has 0 bridgehead atoms. The van der Waals surface area contributed by atoms with Gasteiger partial charge in [0, 0.05) is 38.3 Å². The average Bonchev–Trinajstić information content (AvgIpc) is 2.94. The van der Waals surface area contributed by atoms with Crippen LogP contribution in [-0.4, -0.2) is 55.1 Å². The van der Waals surface area contributed by atoms with Crippen LogP contribution in [0.2, 0.25) is 5.02 Å². The molecule has 1 fully saturated rings. The summed E-state index contributed by atoms with van der Waals surface area (Å²) in [6.07, 6.45) is 0.955. The largest absolute Gasteiger partial charge is 0.486 e. The van der Waals surface area contributed by atoms with Crippen LogP contribution in [0.5, 0.6) is 11.5 Å². The van der Waals surface area contributed by atoms with E-state index in [1.807, 2.05) is 11.0 Å². The fraction of sp³-hybridized carbons (Fsp3) is 0.381. The van der Waals surface area contributed by atoms with E-state index in [1.165, 1.54) is 5.56 Å². The van der Waals surface area contributed by atoms with Gasteiger partial charge in [-0.1, -0.05) is 41.9 Å². The molecule has 0 spiro atoms. The summed E-state index contributed by atoms with van der Waals surface area (Å²) in [7, 11) is 0. The molecule has 2 aliphatic heterocycles. The van der Waals surface area contributed by atoms with Gasteiger partial charge >= 0.3 is 0 Å². The van der Waals surface area contributed by atoms with Crippen molar-refractivity contribution in [1.29, 1.82) is 0 Å². The summed E-state index contributed by atoms with van der Waals surface area (Å²) in [5, 5.41) is 0.427. The molecule has 142 valence electrons. The van der Waals surface area contributed by atoms with Gasteiger partial charge in [0.15, 0.2) is 11.5 Å². The van der Waals surface area contributed by atoms with E-state index in [4.69, 9.17) is 21.1 Å². The number of carbonyl (C=O) groups excluding carboxylic acids is 1. The molecule has 2 aliphatic rings. The number of hydrogen-bond acceptors (Lipinski definition) is 4. The molecular weight excluding hydrogens is 364 g/mol. The van der Waals surface area contributed by atoms with Gasteiger partial charge in [-0.2, -0.15) is 0 Å². The van der Waals surface area contributed by atoms with Crippen molar-refractivity contribution >= 4 is 17.5 Å². The molecule has 0 aliphatic carbocycles. The van der Waals surface area contributed by atoms with Gasteiger partial charge in [-0.3, -0.25) is 9.69 Å². The third-order valence-electron chi connectivity index (χ3n) is 4.97. The number of hydrogen-bond donors (Lipinski definition) is 0. The van der Waals surface area contributed by atoms with E-state index >= 15 is 0 Å². The number of carbonyl (C=O) groups is 1. The summed E-state index contributed by atoms with van der Waals surface area (Å²) in [5.41, 5.74) is 1.86. The molecule has 0 aromatic heterocycles. The highest BCUT2D eigenvalue weighted by atomic mass is 35.5. The second-order valence-electron chi connectivity index (χ2n) is 6.89. The lowest BCUT2D eigenvalue weighted by molar-refractivity contribution is 0.0760. The van der Waals surface area contributed by atoms with E-state index in [0.717, 1.165) is 32.6 Å². The molecule has 2 heterocycles. The lowest BCUT2D eigenvalue weighted by Crippen LogP contribution is -2.35. The Kier molecular flexibility index (Phi) is 5.50. The van der Waals surface area contributed by atoms with Crippen LogP contribution in [-0.2, 0) is 6.54 Å². The van der Waals surface area contributed by atoms with Crippen molar-refractivity contribution in [1.82, 2.24) is 9.80 Å². The maximum atomic E-state index is 13.0. The van der Waals surface area contributed by atoms with Crippen LogP contribution in [0.4, 0.5) is 0 Å². The van der Waals surface area contributed by atoms with Gasteiger partial charge in [-0.15, -0.1) is 0 Å². The number of halogens is 1. The van der Waals surface area contributed by atoms with Crippen LogP contribution in [0.15, 0.2) is 42.5 Å². The molecule has 1 saturated heterocycles. The van der Waals surface area contributed by atoms with E-state index in [0.29, 0.717) is 41.8 Å². The first-order valence-corrected chi connectivity index (χ1v) is 9.73. The van der Waals surface area contributed by atoms with Gasteiger partial charge in [0.1, 0.15) is 13.2 Å². The van der Waals surface area contributed by atoms with Gasteiger partial charge in [0.05, 0.1) is 5.02 Å². The van der Waals surface area contributed by atoms with Crippen LogP contribution in [0.25, 0.3) is 0 Å². The number of rotatable bonds is 3. The fourth-order valence-electron chi connectivity index (χ4n) is 3.59. The Labute approximate surface area is 164 Å². The standard InChI is InChI=1S/C21H23ClN2O3/c22-18-13-17(14-19-20(18)27-12-11-26-19)21(25)24-8-4-7-23(9-10-24)15-16-5-2-1-3-6-16/h1-3,5-6,13-14H,4,7-12,15H2. The topological polar surface area (TPSA) is 42.0 Å². The quantitative estimate of drug-likeness (QED) is 0.810. The van der Waals surface area contributed by atoms with Gasteiger partial charge in [0.2, 0.25) is 0 Å². The molecule has 1 amide bonds. The molecule has 0 N–H and O–H groups in total. The second kappa shape index (κ2) is 8.19. The van der Waals surface area contributed by atoms with Crippen molar-refractivity contribution in [2.75, 3.05) is 39.4 Å². The van der Waals surface area contributed by atoms with Crippen molar-refractivity contribution < 1.29 is 14.3 Å². The van der Waals surface area contributed by atoms with Crippen LogP contribution in [0.3, 0.4) is 0 Å². The van der Waals surface area contributed by atoms with E-state index in [1.54, 1.807) is 12.1 Å². The zero-order chi connectivity index (χ0) is 18.6. The van der Waals surface area contributed by atoms with Crippen molar-refractivity contribution in [3.8, 4) is 11.5 Å². The highest BCUT2D eigenvalue weighted by Gasteiger charge is 2.24. The van der Waals surface area contributed by atoms with E-state index < -0.39 is 0 Å². The predicted molar refractivity (Wildman–Crippen MR) is 105 cm³/mol. The smallest absolute Gasteiger partial charge is 0.254 e. The summed E-state index contributed by atoms with van der Waals surface area (Å²) < 4.78 is 11.1. The van der Waals surface area contributed by atoms with Crippen molar-refractivity contribution in [3.05, 3.63) is 58.6 Å². The molecule has 5 nitrogen and oxygen atoms in total. The zero-order valence-corrected chi connectivity index (χ0v) is 16.0. The summed E-state index contributed by atoms with van der Waals surface area (Å²) >= 11 is 6.29. The average molecular weight is 387 g/mol. The molecule has 4 rings (SSSR count). The Hall–Kier alpha value is -2.24. The first-order valence-electron chi connectivity index (χ1n) is 9.35. The SMILES string of the molecule is O=C(c1cc(Cl)c2c(c1)OCCO2)N1CCCN(Cc2ccccc2)CC1. The monoisotopic (exact) mass is 386 g/mol. The Morgan fingerprint density at radius 3 is 2.67 bits per heavy atom. The molecule has 0 radical (unpaired) electrons. The predicted octanol–water partition coefficient (Wildman–Crippen LogP) is 3.46. The maximum absolute atomic E-state index is 13.0. The highest BCUT2D eigenvalue weighted by Crippen LogP contribution is 2.38. The first-order chi connectivity index (χ1) is 13.2. The third-order valence-corrected chi connectivity index (χ3v) is 5.25. The molecule has 0 atom stereocenters. The second-order valence-corrected chi connectivity index (χ2v) is 7.30. The fourth-order valence-corrected chi connectivity index (χ4v) is 3.86. The number of fused-ring (bicyclic) bond motifs is 1. The van der Waals surface area contributed by atoms with Crippen LogP contribution >= 0.6 is 11.6 Å². The summed E-state index contributed by atoms with van der Waals surface area (Å²) in [5.74, 6) is 1.08. The zero-order valence-electron chi connectivity index (χ0n) is 15.2. The summed E-state index contributed by atoms with van der Waals surface area (Å²) in [6, 6.07) is 13.9. The van der Waals surface area contributed by atoms with Crippen LogP contribution < -0.4 is 9.47 Å². The molecule has 2 aromatic carbocycles. The van der Waals surface area contributed by atoms with Crippen molar-refractivity contribution in [3.63, 3.8) is 0 Å². The van der Waals surface area contributed by atoms with E-state index in [2.05, 4.69) is 29.2 Å². The molecular formula is C21H23ClN2O3. The lowest BCUT2D eigenvalue weighted by atomic mass is 10.1. The number of benzene rings is 2. The minimum atomic E-state index is -0.00423. The summed E-state index contributed by atoms with van der Waals surface area (Å²) in [6.45, 7) is 5.16.